The van der Waals surface area contributed by atoms with E-state index < -0.39 is 17.9 Å². The van der Waals surface area contributed by atoms with Crippen LogP contribution in [0.2, 0.25) is 0 Å². The minimum Gasteiger partial charge on any atom is -0.406 e. The van der Waals surface area contributed by atoms with E-state index in [1.54, 1.807) is 11.0 Å². The Kier molecular flexibility index (Phi) is 6.97. The number of alkyl halides is 3. The molecule has 1 aliphatic carbocycles. The summed E-state index contributed by atoms with van der Waals surface area (Å²) in [6.07, 6.45) is -1.33. The van der Waals surface area contributed by atoms with Gasteiger partial charge in [0.25, 0.3) is 0 Å². The number of benzene rings is 1. The van der Waals surface area contributed by atoms with Crippen LogP contribution in [-0.2, 0) is 4.79 Å². The van der Waals surface area contributed by atoms with Crippen molar-refractivity contribution in [1.29, 1.82) is 0 Å². The Labute approximate surface area is 175 Å². The highest BCUT2D eigenvalue weighted by molar-refractivity contribution is 5.85. The lowest BCUT2D eigenvalue weighted by molar-refractivity contribution is -0.274. The molecular formula is C22H31F3N2O3. The molecule has 0 radical (unpaired) electrons. The van der Waals surface area contributed by atoms with E-state index in [2.05, 4.69) is 23.5 Å². The molecule has 1 saturated heterocycles. The van der Waals surface area contributed by atoms with Crippen molar-refractivity contribution in [2.75, 3.05) is 26.2 Å². The van der Waals surface area contributed by atoms with Crippen LogP contribution in [0.15, 0.2) is 24.3 Å². The van der Waals surface area contributed by atoms with Crippen LogP contribution < -0.4 is 4.74 Å². The Hall–Kier alpha value is -1.80. The second-order valence-electron chi connectivity index (χ2n) is 8.67. The lowest BCUT2D eigenvalue weighted by Crippen LogP contribution is -2.55. The lowest BCUT2D eigenvalue weighted by Gasteiger charge is -2.43. The van der Waals surface area contributed by atoms with Gasteiger partial charge in [-0.15, -0.1) is 13.2 Å². The van der Waals surface area contributed by atoms with Crippen LogP contribution >= 0.6 is 0 Å². The monoisotopic (exact) mass is 428 g/mol. The number of amides is 1. The third-order valence-corrected chi connectivity index (χ3v) is 6.28. The second-order valence-corrected chi connectivity index (χ2v) is 8.67. The van der Waals surface area contributed by atoms with Gasteiger partial charge in [-0.05, 0) is 44.4 Å². The quantitative estimate of drug-likeness (QED) is 0.773. The number of carbonyl (C=O) groups is 1. The molecule has 2 fully saturated rings. The first kappa shape index (κ1) is 22.9. The number of halogens is 3. The van der Waals surface area contributed by atoms with E-state index >= 15 is 0 Å². The minimum atomic E-state index is -4.81. The van der Waals surface area contributed by atoms with Crippen molar-refractivity contribution in [2.45, 2.75) is 69.9 Å². The average Bonchev–Trinajstić information content (AvgIpc) is 2.67. The van der Waals surface area contributed by atoms with Gasteiger partial charge < -0.3 is 14.7 Å². The predicted molar refractivity (Wildman–Crippen MR) is 107 cm³/mol. The van der Waals surface area contributed by atoms with Crippen LogP contribution in [-0.4, -0.2) is 65.0 Å². The van der Waals surface area contributed by atoms with Gasteiger partial charge in [-0.1, -0.05) is 31.4 Å². The molecule has 30 heavy (non-hydrogen) atoms. The van der Waals surface area contributed by atoms with Crippen molar-refractivity contribution < 1.29 is 27.8 Å². The Morgan fingerprint density at radius 1 is 1.10 bits per heavy atom. The normalized spacial score (nSPS) is 21.5. The minimum absolute atomic E-state index is 0.216. The summed E-state index contributed by atoms with van der Waals surface area (Å²) in [5.74, 6) is -1.49. The van der Waals surface area contributed by atoms with Gasteiger partial charge in [-0.2, -0.15) is 0 Å². The maximum Gasteiger partial charge on any atom is 0.573 e. The zero-order valence-electron chi connectivity index (χ0n) is 17.6. The van der Waals surface area contributed by atoms with Gasteiger partial charge in [0.1, 0.15) is 5.75 Å². The predicted octanol–water partition coefficient (Wildman–Crippen LogP) is 3.92. The molecule has 1 aromatic carbocycles. The molecule has 0 bridgehead atoms. The zero-order chi connectivity index (χ0) is 21.9. The first-order valence-electron chi connectivity index (χ1n) is 10.7. The number of aliphatic hydroxyl groups is 1. The van der Waals surface area contributed by atoms with Gasteiger partial charge in [0.15, 0.2) is 0 Å². The van der Waals surface area contributed by atoms with Gasteiger partial charge in [0, 0.05) is 32.2 Å². The molecule has 1 amide bonds. The number of hydrogen-bond donors (Lipinski definition) is 1. The topological polar surface area (TPSA) is 53.0 Å². The highest BCUT2D eigenvalue weighted by Crippen LogP contribution is 2.42. The summed E-state index contributed by atoms with van der Waals surface area (Å²) in [5.41, 5.74) is -0.890. The van der Waals surface area contributed by atoms with Crippen molar-refractivity contribution >= 4 is 5.91 Å². The number of nitrogens with zero attached hydrogens (tertiary/aromatic N) is 2. The number of rotatable bonds is 5. The average molecular weight is 428 g/mol. The van der Waals surface area contributed by atoms with Gasteiger partial charge >= 0.3 is 6.36 Å². The zero-order valence-corrected chi connectivity index (χ0v) is 17.6. The van der Waals surface area contributed by atoms with Crippen molar-refractivity contribution in [2.24, 2.45) is 0 Å². The van der Waals surface area contributed by atoms with Gasteiger partial charge in [0.2, 0.25) is 5.91 Å². The van der Waals surface area contributed by atoms with E-state index in [0.29, 0.717) is 37.5 Å². The molecule has 0 unspecified atom stereocenters. The van der Waals surface area contributed by atoms with E-state index in [-0.39, 0.29) is 11.7 Å². The van der Waals surface area contributed by atoms with Gasteiger partial charge in [-0.25, -0.2) is 0 Å². The van der Waals surface area contributed by atoms with Crippen LogP contribution in [0.4, 0.5) is 13.2 Å². The van der Waals surface area contributed by atoms with Crippen LogP contribution in [0, 0.1) is 0 Å². The molecule has 2 aliphatic rings. The number of hydrogen-bond acceptors (Lipinski definition) is 4. The van der Waals surface area contributed by atoms with E-state index in [4.69, 9.17) is 0 Å². The van der Waals surface area contributed by atoms with Gasteiger partial charge in [-0.3, -0.25) is 9.69 Å². The van der Waals surface area contributed by atoms with Crippen LogP contribution in [0.5, 0.6) is 5.75 Å². The van der Waals surface area contributed by atoms with Crippen LogP contribution in [0.25, 0.3) is 0 Å². The maximum absolute atomic E-state index is 13.6. The molecule has 1 saturated carbocycles. The molecule has 168 valence electrons. The first-order chi connectivity index (χ1) is 14.1. The van der Waals surface area contributed by atoms with Crippen molar-refractivity contribution in [3.63, 3.8) is 0 Å². The molecule has 0 spiro atoms. The summed E-state index contributed by atoms with van der Waals surface area (Å²) >= 11 is 0. The summed E-state index contributed by atoms with van der Waals surface area (Å²) in [6, 6.07) is 5.90. The third kappa shape index (κ3) is 5.46. The second kappa shape index (κ2) is 9.14. The van der Waals surface area contributed by atoms with Crippen molar-refractivity contribution in [3.05, 3.63) is 29.8 Å². The Balaban J connectivity index is 1.88. The molecule has 1 aromatic rings. The summed E-state index contributed by atoms with van der Waals surface area (Å²) in [5, 5.41) is 11.4. The Morgan fingerprint density at radius 3 is 2.30 bits per heavy atom. The van der Waals surface area contributed by atoms with Crippen LogP contribution in [0.3, 0.4) is 0 Å². The fourth-order valence-electron chi connectivity index (χ4n) is 4.67. The SMILES string of the molecule is CC(C)N1CCN(C(=O)[C@@H](c2cccc(OC(F)(F)F)c2)C2(O)CCCCC2)CC1. The molecule has 1 heterocycles. The van der Waals surface area contributed by atoms with Gasteiger partial charge in [0.05, 0.1) is 11.5 Å². The molecular weight excluding hydrogens is 397 g/mol. The Bertz CT molecular complexity index is 725. The summed E-state index contributed by atoms with van der Waals surface area (Å²) < 4.78 is 42.2. The first-order valence-corrected chi connectivity index (χ1v) is 10.7. The molecule has 5 nitrogen and oxygen atoms in total. The fourth-order valence-corrected chi connectivity index (χ4v) is 4.67. The summed E-state index contributed by atoms with van der Waals surface area (Å²) in [4.78, 5) is 17.6. The fraction of sp³-hybridized carbons (Fsp3) is 0.682. The van der Waals surface area contributed by atoms with Crippen molar-refractivity contribution in [1.82, 2.24) is 9.80 Å². The number of piperazine rings is 1. The number of ether oxygens (including phenoxy) is 1. The summed E-state index contributed by atoms with van der Waals surface area (Å²) in [7, 11) is 0. The molecule has 8 heteroatoms. The number of carbonyl (C=O) groups excluding carboxylic acids is 1. The van der Waals surface area contributed by atoms with Crippen molar-refractivity contribution in [3.8, 4) is 5.75 Å². The molecule has 1 aliphatic heterocycles. The largest absolute Gasteiger partial charge is 0.573 e. The Morgan fingerprint density at radius 2 is 1.73 bits per heavy atom. The lowest BCUT2D eigenvalue weighted by atomic mass is 9.72. The molecule has 1 N–H and O–H groups in total. The smallest absolute Gasteiger partial charge is 0.406 e. The summed E-state index contributed by atoms with van der Waals surface area (Å²) in [6.45, 7) is 6.79. The molecule has 3 rings (SSSR count). The highest BCUT2D eigenvalue weighted by Gasteiger charge is 2.45. The maximum atomic E-state index is 13.6. The van der Waals surface area contributed by atoms with E-state index in [1.807, 2.05) is 0 Å². The highest BCUT2D eigenvalue weighted by atomic mass is 19.4. The van der Waals surface area contributed by atoms with E-state index in [9.17, 15) is 23.1 Å². The van der Waals surface area contributed by atoms with E-state index in [1.165, 1.54) is 18.2 Å². The van der Waals surface area contributed by atoms with Crippen LogP contribution in [0.1, 0.15) is 57.4 Å². The van der Waals surface area contributed by atoms with E-state index in [0.717, 1.165) is 32.4 Å². The third-order valence-electron chi connectivity index (χ3n) is 6.28. The molecule has 0 aromatic heterocycles. The standard InChI is InChI=1S/C22H31F3N2O3/c1-16(2)26-11-13-27(14-12-26)20(28)19(21(29)9-4-3-5-10-21)17-7-6-8-18(15-17)30-22(23,24)25/h6-8,15-16,19,29H,3-5,9-14H2,1-2H3/t19-/m1/s1. The molecule has 1 atom stereocenters.